The molecule has 0 spiro atoms. The molecule has 2 aromatic carbocycles. The minimum absolute atomic E-state index is 0.248. The number of anilines is 1. The summed E-state index contributed by atoms with van der Waals surface area (Å²) < 4.78 is 8.02. The van der Waals surface area contributed by atoms with Crippen molar-refractivity contribution in [1.82, 2.24) is 9.78 Å². The second kappa shape index (κ2) is 8.09. The fraction of sp³-hybridized carbons (Fsp3) is 0.158. The van der Waals surface area contributed by atoms with Gasteiger partial charge in [-0.2, -0.15) is 5.10 Å². The van der Waals surface area contributed by atoms with Crippen LogP contribution in [0.4, 0.5) is 5.69 Å². The lowest BCUT2D eigenvalue weighted by atomic mass is 10.2. The summed E-state index contributed by atoms with van der Waals surface area (Å²) in [5.74, 6) is -0.248. The fourth-order valence-electron chi connectivity index (χ4n) is 2.36. The van der Waals surface area contributed by atoms with Crippen LogP contribution >= 0.6 is 15.9 Å². The van der Waals surface area contributed by atoms with Gasteiger partial charge in [0, 0.05) is 23.0 Å². The zero-order valence-electron chi connectivity index (χ0n) is 13.8. The number of ether oxygens (including phenoxy) is 1. The molecular formula is C19H18BrN3O2. The highest BCUT2D eigenvalue weighted by atomic mass is 79.9. The Balaban J connectivity index is 1.72. The molecule has 5 nitrogen and oxygen atoms in total. The summed E-state index contributed by atoms with van der Waals surface area (Å²) >= 11 is 3.43. The number of nitrogens with zero attached hydrogens (tertiary/aromatic N) is 2. The summed E-state index contributed by atoms with van der Waals surface area (Å²) in [6.07, 6.45) is 1.77. The number of carbonyl (C=O) groups is 1. The fourth-order valence-corrected chi connectivity index (χ4v) is 2.75. The monoisotopic (exact) mass is 399 g/mol. The van der Waals surface area contributed by atoms with Crippen LogP contribution in [0.5, 0.6) is 0 Å². The molecule has 3 rings (SSSR count). The van der Waals surface area contributed by atoms with E-state index in [0.29, 0.717) is 18.9 Å². The molecular weight excluding hydrogens is 382 g/mol. The summed E-state index contributed by atoms with van der Waals surface area (Å²) in [5, 5.41) is 7.22. The normalized spacial score (nSPS) is 10.6. The van der Waals surface area contributed by atoms with Crippen molar-refractivity contribution in [3.8, 4) is 5.69 Å². The van der Waals surface area contributed by atoms with Crippen LogP contribution in [0.3, 0.4) is 0 Å². The Bertz CT molecular complexity index is 876. The minimum atomic E-state index is -0.248. The van der Waals surface area contributed by atoms with Crippen molar-refractivity contribution in [2.45, 2.75) is 13.5 Å². The number of aromatic nitrogens is 2. The quantitative estimate of drug-likeness (QED) is 0.666. The minimum Gasteiger partial charge on any atom is -0.377 e. The molecule has 1 amide bonds. The molecule has 0 aliphatic heterocycles. The van der Waals surface area contributed by atoms with Crippen LogP contribution in [0.1, 0.15) is 23.0 Å². The molecule has 128 valence electrons. The van der Waals surface area contributed by atoms with Crippen LogP contribution in [0.2, 0.25) is 0 Å². The maximum atomic E-state index is 12.4. The first kappa shape index (κ1) is 17.4. The molecule has 3 aromatic rings. The van der Waals surface area contributed by atoms with Crippen molar-refractivity contribution < 1.29 is 9.53 Å². The number of hydrogen-bond acceptors (Lipinski definition) is 3. The molecule has 0 saturated carbocycles. The van der Waals surface area contributed by atoms with E-state index < -0.39 is 0 Å². The van der Waals surface area contributed by atoms with Crippen molar-refractivity contribution in [3.63, 3.8) is 0 Å². The second-order valence-corrected chi connectivity index (χ2v) is 6.33. The molecule has 0 fully saturated rings. The van der Waals surface area contributed by atoms with E-state index in [0.717, 1.165) is 21.4 Å². The van der Waals surface area contributed by atoms with Gasteiger partial charge in [0.15, 0.2) is 5.69 Å². The first-order chi connectivity index (χ1) is 12.2. The van der Waals surface area contributed by atoms with Crippen molar-refractivity contribution >= 4 is 27.5 Å². The highest BCUT2D eigenvalue weighted by molar-refractivity contribution is 9.10. The SMILES string of the molecule is CCOCc1cccc(NC(=O)c2ccn(-c3cccc(Br)c3)n2)c1. The summed E-state index contributed by atoms with van der Waals surface area (Å²) in [7, 11) is 0. The summed E-state index contributed by atoms with van der Waals surface area (Å²) in [6, 6.07) is 17.0. The number of nitrogens with one attached hydrogen (secondary N) is 1. The van der Waals surface area contributed by atoms with Gasteiger partial charge in [0.05, 0.1) is 12.3 Å². The molecule has 1 heterocycles. The van der Waals surface area contributed by atoms with E-state index in [1.807, 2.05) is 55.5 Å². The zero-order valence-corrected chi connectivity index (χ0v) is 15.4. The maximum absolute atomic E-state index is 12.4. The lowest BCUT2D eigenvalue weighted by Gasteiger charge is -2.06. The predicted molar refractivity (Wildman–Crippen MR) is 101 cm³/mol. The molecule has 0 aliphatic rings. The number of hydrogen-bond donors (Lipinski definition) is 1. The Morgan fingerprint density at radius 2 is 2.04 bits per heavy atom. The van der Waals surface area contributed by atoms with Crippen LogP contribution in [-0.2, 0) is 11.3 Å². The van der Waals surface area contributed by atoms with Gasteiger partial charge in [-0.3, -0.25) is 4.79 Å². The summed E-state index contributed by atoms with van der Waals surface area (Å²) in [5.41, 5.74) is 2.97. The number of benzene rings is 2. The van der Waals surface area contributed by atoms with Gasteiger partial charge < -0.3 is 10.1 Å². The van der Waals surface area contributed by atoms with E-state index in [9.17, 15) is 4.79 Å². The lowest BCUT2D eigenvalue weighted by Crippen LogP contribution is -2.13. The third-order valence-corrected chi connectivity index (χ3v) is 4.05. The van der Waals surface area contributed by atoms with Gasteiger partial charge >= 0.3 is 0 Å². The van der Waals surface area contributed by atoms with E-state index in [1.54, 1.807) is 16.9 Å². The number of carbonyl (C=O) groups excluding carboxylic acids is 1. The molecule has 25 heavy (non-hydrogen) atoms. The third-order valence-electron chi connectivity index (χ3n) is 3.55. The van der Waals surface area contributed by atoms with Crippen LogP contribution < -0.4 is 5.32 Å². The maximum Gasteiger partial charge on any atom is 0.276 e. The standard InChI is InChI=1S/C19H18BrN3O2/c1-2-25-13-14-5-3-7-16(11-14)21-19(24)18-9-10-23(22-18)17-8-4-6-15(20)12-17/h3-12H,2,13H2,1H3,(H,21,24). The number of halogens is 1. The Kier molecular flexibility index (Phi) is 5.63. The summed E-state index contributed by atoms with van der Waals surface area (Å²) in [6.45, 7) is 3.13. The molecule has 0 radical (unpaired) electrons. The van der Waals surface area contributed by atoms with Crippen molar-refractivity contribution in [3.05, 3.63) is 76.5 Å². The van der Waals surface area contributed by atoms with Gasteiger partial charge in [-0.05, 0) is 48.9 Å². The van der Waals surface area contributed by atoms with Crippen LogP contribution in [0.25, 0.3) is 5.69 Å². The highest BCUT2D eigenvalue weighted by Crippen LogP contribution is 2.16. The van der Waals surface area contributed by atoms with Gasteiger partial charge in [-0.15, -0.1) is 0 Å². The Morgan fingerprint density at radius 1 is 1.20 bits per heavy atom. The van der Waals surface area contributed by atoms with Gasteiger partial charge in [-0.25, -0.2) is 4.68 Å². The topological polar surface area (TPSA) is 56.1 Å². The highest BCUT2D eigenvalue weighted by Gasteiger charge is 2.11. The van der Waals surface area contributed by atoms with Crippen molar-refractivity contribution in [2.24, 2.45) is 0 Å². The Morgan fingerprint density at radius 3 is 2.84 bits per heavy atom. The average molecular weight is 400 g/mol. The van der Waals surface area contributed by atoms with Gasteiger partial charge in [0.1, 0.15) is 0 Å². The van der Waals surface area contributed by atoms with Gasteiger partial charge in [0.2, 0.25) is 0 Å². The van der Waals surface area contributed by atoms with E-state index in [-0.39, 0.29) is 5.91 Å². The molecule has 0 atom stereocenters. The number of amides is 1. The molecule has 1 aromatic heterocycles. The van der Waals surface area contributed by atoms with Gasteiger partial charge in [0.25, 0.3) is 5.91 Å². The van der Waals surface area contributed by atoms with E-state index >= 15 is 0 Å². The Hall–Kier alpha value is -2.44. The average Bonchev–Trinajstić information content (AvgIpc) is 3.11. The molecule has 6 heteroatoms. The molecule has 0 bridgehead atoms. The molecule has 0 unspecified atom stereocenters. The van der Waals surface area contributed by atoms with Crippen LogP contribution in [0, 0.1) is 0 Å². The lowest BCUT2D eigenvalue weighted by molar-refractivity contribution is 0.102. The summed E-state index contributed by atoms with van der Waals surface area (Å²) in [4.78, 5) is 12.4. The largest absolute Gasteiger partial charge is 0.377 e. The molecule has 0 aliphatic carbocycles. The van der Waals surface area contributed by atoms with Crippen LogP contribution in [-0.4, -0.2) is 22.3 Å². The first-order valence-corrected chi connectivity index (χ1v) is 8.74. The second-order valence-electron chi connectivity index (χ2n) is 5.42. The number of rotatable bonds is 6. The zero-order chi connectivity index (χ0) is 17.6. The molecule has 1 N–H and O–H groups in total. The Labute approximate surface area is 154 Å². The first-order valence-electron chi connectivity index (χ1n) is 7.95. The third kappa shape index (κ3) is 4.55. The van der Waals surface area contributed by atoms with Gasteiger partial charge in [-0.1, -0.05) is 34.1 Å². The van der Waals surface area contributed by atoms with Crippen LogP contribution in [0.15, 0.2) is 65.3 Å². The van der Waals surface area contributed by atoms with E-state index in [4.69, 9.17) is 4.74 Å². The molecule has 0 saturated heterocycles. The predicted octanol–water partition coefficient (Wildman–Crippen LogP) is 4.42. The van der Waals surface area contributed by atoms with E-state index in [2.05, 4.69) is 26.3 Å². The van der Waals surface area contributed by atoms with E-state index in [1.165, 1.54) is 0 Å². The smallest absolute Gasteiger partial charge is 0.276 e. The van der Waals surface area contributed by atoms with Crippen molar-refractivity contribution in [2.75, 3.05) is 11.9 Å². The van der Waals surface area contributed by atoms with Crippen molar-refractivity contribution in [1.29, 1.82) is 0 Å².